The largest absolute Gasteiger partial charge is 0.484 e. The fraction of sp³-hybridized carbons (Fsp3) is 0.200. The first-order chi connectivity index (χ1) is 11.9. The van der Waals surface area contributed by atoms with Gasteiger partial charge in [-0.3, -0.25) is 9.59 Å². The lowest BCUT2D eigenvalue weighted by molar-refractivity contribution is -0.118. The van der Waals surface area contributed by atoms with Crippen LogP contribution >= 0.6 is 0 Å². The number of pyridine rings is 1. The summed E-state index contributed by atoms with van der Waals surface area (Å²) < 4.78 is 5.53. The van der Waals surface area contributed by atoms with E-state index in [1.54, 1.807) is 19.1 Å². The van der Waals surface area contributed by atoms with Crippen molar-refractivity contribution in [3.8, 4) is 5.75 Å². The quantitative estimate of drug-likeness (QED) is 0.766. The van der Waals surface area contributed by atoms with Gasteiger partial charge >= 0.3 is 0 Å². The van der Waals surface area contributed by atoms with Crippen LogP contribution in [-0.4, -0.2) is 17.5 Å². The van der Waals surface area contributed by atoms with Gasteiger partial charge in [0.1, 0.15) is 5.75 Å². The molecule has 0 spiro atoms. The Labute approximate surface area is 145 Å². The number of carbonyl (C=O) groups excluding carboxylic acids is 1. The molecule has 3 rings (SSSR count). The first-order valence-electron chi connectivity index (χ1n) is 8.06. The van der Waals surface area contributed by atoms with E-state index in [0.29, 0.717) is 22.5 Å². The third-order valence-electron chi connectivity index (χ3n) is 4.16. The Kier molecular flexibility index (Phi) is 4.57. The monoisotopic (exact) mass is 336 g/mol. The summed E-state index contributed by atoms with van der Waals surface area (Å²) in [5.41, 5.74) is 4.12. The van der Waals surface area contributed by atoms with E-state index in [1.165, 1.54) is 5.56 Å². The summed E-state index contributed by atoms with van der Waals surface area (Å²) in [6, 6.07) is 12.9. The second-order valence-electron chi connectivity index (χ2n) is 6.17. The Hall–Kier alpha value is -3.08. The van der Waals surface area contributed by atoms with Gasteiger partial charge in [0.05, 0.1) is 5.52 Å². The Morgan fingerprint density at radius 3 is 2.56 bits per heavy atom. The molecule has 0 fully saturated rings. The number of amides is 1. The van der Waals surface area contributed by atoms with Crippen molar-refractivity contribution in [2.75, 3.05) is 11.9 Å². The zero-order valence-electron chi connectivity index (χ0n) is 14.5. The van der Waals surface area contributed by atoms with Crippen molar-refractivity contribution >= 4 is 22.5 Å². The molecule has 1 heterocycles. The molecule has 0 atom stereocenters. The van der Waals surface area contributed by atoms with Gasteiger partial charge in [0.25, 0.3) is 11.5 Å². The highest BCUT2D eigenvalue weighted by Gasteiger charge is 2.06. The van der Waals surface area contributed by atoms with Gasteiger partial charge in [-0.1, -0.05) is 12.1 Å². The van der Waals surface area contributed by atoms with E-state index in [2.05, 4.69) is 10.3 Å². The molecule has 0 saturated heterocycles. The lowest BCUT2D eigenvalue weighted by Gasteiger charge is -2.10. The number of nitrogens with one attached hydrogen (secondary N) is 2. The van der Waals surface area contributed by atoms with Gasteiger partial charge in [0.2, 0.25) is 0 Å². The molecule has 0 aliphatic heterocycles. The van der Waals surface area contributed by atoms with E-state index in [0.717, 1.165) is 10.9 Å². The number of aromatic amines is 1. The summed E-state index contributed by atoms with van der Waals surface area (Å²) in [5.74, 6) is 0.406. The highest BCUT2D eigenvalue weighted by atomic mass is 16.5. The number of benzene rings is 2. The van der Waals surface area contributed by atoms with Gasteiger partial charge < -0.3 is 15.0 Å². The maximum absolute atomic E-state index is 12.1. The van der Waals surface area contributed by atoms with Crippen molar-refractivity contribution in [1.82, 2.24) is 4.98 Å². The molecule has 1 amide bonds. The molecule has 3 aromatic rings. The van der Waals surface area contributed by atoms with E-state index in [1.807, 2.05) is 44.2 Å². The molecule has 0 aliphatic rings. The van der Waals surface area contributed by atoms with Gasteiger partial charge in [0.15, 0.2) is 6.61 Å². The summed E-state index contributed by atoms with van der Waals surface area (Å²) in [7, 11) is 0. The zero-order valence-corrected chi connectivity index (χ0v) is 14.5. The van der Waals surface area contributed by atoms with Crippen LogP contribution in [0, 0.1) is 20.8 Å². The lowest BCUT2D eigenvalue weighted by Crippen LogP contribution is -2.20. The van der Waals surface area contributed by atoms with Crippen molar-refractivity contribution in [2.45, 2.75) is 20.8 Å². The van der Waals surface area contributed by atoms with Gasteiger partial charge in [0, 0.05) is 11.3 Å². The molecule has 0 unspecified atom stereocenters. The number of aryl methyl sites for hydroxylation is 3. The topological polar surface area (TPSA) is 71.2 Å². The third kappa shape index (κ3) is 3.88. The lowest BCUT2D eigenvalue weighted by atomic mass is 10.1. The minimum Gasteiger partial charge on any atom is -0.484 e. The molecule has 5 nitrogen and oxygen atoms in total. The number of ether oxygens (including phenoxy) is 1. The molecule has 25 heavy (non-hydrogen) atoms. The average Bonchev–Trinajstić information content (AvgIpc) is 2.57. The number of anilines is 1. The van der Waals surface area contributed by atoms with E-state index in [4.69, 9.17) is 4.74 Å². The number of hydrogen-bond donors (Lipinski definition) is 2. The number of carbonyl (C=O) groups is 1. The maximum atomic E-state index is 12.1. The van der Waals surface area contributed by atoms with Crippen LogP contribution in [0.4, 0.5) is 5.69 Å². The fourth-order valence-corrected chi connectivity index (χ4v) is 2.54. The molecular formula is C20H20N2O3. The maximum Gasteiger partial charge on any atom is 0.262 e. The van der Waals surface area contributed by atoms with E-state index in [-0.39, 0.29) is 18.1 Å². The van der Waals surface area contributed by atoms with Crippen LogP contribution in [-0.2, 0) is 4.79 Å². The van der Waals surface area contributed by atoms with Crippen molar-refractivity contribution in [3.63, 3.8) is 0 Å². The Morgan fingerprint density at radius 1 is 1.00 bits per heavy atom. The SMILES string of the molecule is Cc1ccc(OCC(=O)Nc2ccc3cc(C)c(=O)[nH]c3c2)cc1C. The minimum atomic E-state index is -0.257. The van der Waals surface area contributed by atoms with Crippen LogP contribution in [0.3, 0.4) is 0 Å². The standard InChI is InChI=1S/C20H20N2O3/c1-12-4-7-17(9-13(12)2)25-11-19(23)21-16-6-5-15-8-14(3)20(24)22-18(15)10-16/h4-10H,11H2,1-3H3,(H,21,23)(H,22,24). The molecular weight excluding hydrogens is 316 g/mol. The average molecular weight is 336 g/mol. The molecule has 128 valence electrons. The predicted octanol–water partition coefficient (Wildman–Crippen LogP) is 3.47. The third-order valence-corrected chi connectivity index (χ3v) is 4.16. The molecule has 0 saturated carbocycles. The number of aromatic nitrogens is 1. The molecule has 2 N–H and O–H groups in total. The Morgan fingerprint density at radius 2 is 1.80 bits per heavy atom. The smallest absolute Gasteiger partial charge is 0.262 e. The Balaban J connectivity index is 1.68. The van der Waals surface area contributed by atoms with Gasteiger partial charge in [-0.25, -0.2) is 0 Å². The van der Waals surface area contributed by atoms with Gasteiger partial charge in [-0.05, 0) is 67.6 Å². The van der Waals surface area contributed by atoms with E-state index in [9.17, 15) is 9.59 Å². The number of rotatable bonds is 4. The van der Waals surface area contributed by atoms with Crippen molar-refractivity contribution in [2.24, 2.45) is 0 Å². The van der Waals surface area contributed by atoms with E-state index >= 15 is 0 Å². The normalized spacial score (nSPS) is 10.7. The van der Waals surface area contributed by atoms with E-state index < -0.39 is 0 Å². The van der Waals surface area contributed by atoms with Crippen LogP contribution in [0.15, 0.2) is 47.3 Å². The van der Waals surface area contributed by atoms with Crippen LogP contribution in [0.2, 0.25) is 0 Å². The van der Waals surface area contributed by atoms with Gasteiger partial charge in [-0.15, -0.1) is 0 Å². The van der Waals surface area contributed by atoms with Crippen LogP contribution in [0.1, 0.15) is 16.7 Å². The highest BCUT2D eigenvalue weighted by Crippen LogP contribution is 2.18. The molecule has 0 radical (unpaired) electrons. The second kappa shape index (κ2) is 6.81. The highest BCUT2D eigenvalue weighted by molar-refractivity contribution is 5.94. The second-order valence-corrected chi connectivity index (χ2v) is 6.17. The van der Waals surface area contributed by atoms with Crippen molar-refractivity contribution in [3.05, 3.63) is 69.5 Å². The summed E-state index contributed by atoms with van der Waals surface area (Å²) >= 11 is 0. The molecule has 0 bridgehead atoms. The van der Waals surface area contributed by atoms with Crippen LogP contribution < -0.4 is 15.6 Å². The van der Waals surface area contributed by atoms with Crippen LogP contribution in [0.5, 0.6) is 5.75 Å². The Bertz CT molecular complexity index is 1010. The number of fused-ring (bicyclic) bond motifs is 1. The molecule has 2 aromatic carbocycles. The number of H-pyrrole nitrogens is 1. The summed E-state index contributed by atoms with van der Waals surface area (Å²) in [6.07, 6.45) is 0. The minimum absolute atomic E-state index is 0.0784. The fourth-order valence-electron chi connectivity index (χ4n) is 2.54. The zero-order chi connectivity index (χ0) is 18.0. The molecule has 5 heteroatoms. The molecule has 0 aliphatic carbocycles. The summed E-state index contributed by atoms with van der Waals surface area (Å²) in [5, 5.41) is 3.70. The van der Waals surface area contributed by atoms with Gasteiger partial charge in [-0.2, -0.15) is 0 Å². The van der Waals surface area contributed by atoms with Crippen molar-refractivity contribution in [1.29, 1.82) is 0 Å². The first kappa shape index (κ1) is 16.8. The predicted molar refractivity (Wildman–Crippen MR) is 99.3 cm³/mol. The summed E-state index contributed by atoms with van der Waals surface area (Å²) in [6.45, 7) is 5.71. The summed E-state index contributed by atoms with van der Waals surface area (Å²) in [4.78, 5) is 26.6. The van der Waals surface area contributed by atoms with Crippen molar-refractivity contribution < 1.29 is 9.53 Å². The number of hydrogen-bond acceptors (Lipinski definition) is 3. The van der Waals surface area contributed by atoms with Crippen LogP contribution in [0.25, 0.3) is 10.9 Å². The first-order valence-corrected chi connectivity index (χ1v) is 8.06. The molecule has 1 aromatic heterocycles.